The van der Waals surface area contributed by atoms with E-state index in [1.807, 2.05) is 36.4 Å². The fourth-order valence-electron chi connectivity index (χ4n) is 2.48. The first-order valence-corrected chi connectivity index (χ1v) is 9.54. The molecule has 26 heavy (non-hydrogen) atoms. The highest BCUT2D eigenvalue weighted by molar-refractivity contribution is 7.90. The Balaban J connectivity index is 1.63. The monoisotopic (exact) mass is 370 g/mol. The van der Waals surface area contributed by atoms with Crippen LogP contribution in [0.4, 0.5) is 0 Å². The fourth-order valence-corrected chi connectivity index (χ4v) is 3.71. The third-order valence-electron chi connectivity index (χ3n) is 3.76. The van der Waals surface area contributed by atoms with Gasteiger partial charge in [-0.05, 0) is 30.7 Å². The predicted molar refractivity (Wildman–Crippen MR) is 99.2 cm³/mol. The third kappa shape index (κ3) is 4.00. The molecule has 0 saturated heterocycles. The number of hydrogen-bond donors (Lipinski definition) is 1. The Morgan fingerprint density at radius 1 is 1.15 bits per heavy atom. The molecule has 3 rings (SSSR count). The zero-order valence-corrected chi connectivity index (χ0v) is 14.9. The molecule has 0 bridgehead atoms. The molecule has 1 unspecified atom stereocenters. The van der Waals surface area contributed by atoms with Crippen LogP contribution in [0, 0.1) is 0 Å². The highest BCUT2D eigenvalue weighted by Crippen LogP contribution is 2.22. The normalized spacial score (nSPS) is 17.7. The second-order valence-electron chi connectivity index (χ2n) is 5.70. The van der Waals surface area contributed by atoms with Crippen molar-refractivity contribution in [3.63, 3.8) is 0 Å². The van der Waals surface area contributed by atoms with E-state index in [9.17, 15) is 13.2 Å². The summed E-state index contributed by atoms with van der Waals surface area (Å²) in [5.74, 6) is -0.372. The maximum Gasteiger partial charge on any atom is 0.330 e. The van der Waals surface area contributed by atoms with E-state index in [0.29, 0.717) is 5.56 Å². The van der Waals surface area contributed by atoms with Gasteiger partial charge in [-0.2, -0.15) is 0 Å². The van der Waals surface area contributed by atoms with E-state index >= 15 is 0 Å². The molecule has 6 nitrogen and oxygen atoms in total. The van der Waals surface area contributed by atoms with Gasteiger partial charge in [0, 0.05) is 5.56 Å². The topological polar surface area (TPSA) is 84.8 Å². The molecule has 0 amide bonds. The van der Waals surface area contributed by atoms with Crippen molar-refractivity contribution in [2.24, 2.45) is 4.99 Å². The van der Waals surface area contributed by atoms with Gasteiger partial charge in [0.2, 0.25) is 0 Å². The standard InChI is InChI=1S/C19H18N2O4S/c1-14(19(22)25-13-7-10-15-8-3-2-4-9-15)20-18-16-11-5-6-12-17(16)26(23,24)21-18/h2-12,14H,13H2,1H3,(H,20,21). The number of nitrogens with one attached hydrogen (secondary N) is 1. The average molecular weight is 370 g/mol. The van der Waals surface area contributed by atoms with E-state index in [-0.39, 0.29) is 17.3 Å². The van der Waals surface area contributed by atoms with Crippen LogP contribution in [0.25, 0.3) is 6.08 Å². The van der Waals surface area contributed by atoms with Crippen LogP contribution in [-0.4, -0.2) is 32.9 Å². The Kier molecular flexibility index (Phi) is 5.18. The molecule has 0 fully saturated rings. The second-order valence-corrected chi connectivity index (χ2v) is 7.35. The lowest BCUT2D eigenvalue weighted by molar-refractivity contribution is -0.143. The Bertz CT molecular complexity index is 966. The minimum atomic E-state index is -3.62. The van der Waals surface area contributed by atoms with Gasteiger partial charge in [0.15, 0.2) is 0 Å². The zero-order chi connectivity index (χ0) is 18.6. The van der Waals surface area contributed by atoms with Crippen molar-refractivity contribution in [2.45, 2.75) is 17.9 Å². The van der Waals surface area contributed by atoms with Gasteiger partial charge in [-0.3, -0.25) is 9.71 Å². The van der Waals surface area contributed by atoms with Crippen molar-refractivity contribution < 1.29 is 17.9 Å². The highest BCUT2D eigenvalue weighted by Gasteiger charge is 2.31. The second kappa shape index (κ2) is 7.53. The van der Waals surface area contributed by atoms with Crippen LogP contribution in [0.3, 0.4) is 0 Å². The lowest BCUT2D eigenvalue weighted by atomic mass is 10.2. The largest absolute Gasteiger partial charge is 0.460 e. The van der Waals surface area contributed by atoms with Gasteiger partial charge < -0.3 is 4.74 Å². The van der Waals surface area contributed by atoms with Gasteiger partial charge in [-0.15, -0.1) is 0 Å². The maximum atomic E-state index is 12.1. The number of ether oxygens (including phenoxy) is 1. The number of amidine groups is 1. The van der Waals surface area contributed by atoms with E-state index in [2.05, 4.69) is 9.71 Å². The third-order valence-corrected chi connectivity index (χ3v) is 5.16. The zero-order valence-electron chi connectivity index (χ0n) is 14.1. The fraction of sp³-hybridized carbons (Fsp3) is 0.158. The SMILES string of the molecule is CC(N=C1NS(=O)(=O)c2ccccc21)C(=O)OCC=Cc1ccccc1. The molecule has 0 spiro atoms. The Hall–Kier alpha value is -2.93. The van der Waals surface area contributed by atoms with Gasteiger partial charge in [0.25, 0.3) is 10.0 Å². The quantitative estimate of drug-likeness (QED) is 0.819. The molecule has 2 aromatic carbocycles. The van der Waals surface area contributed by atoms with E-state index in [1.165, 1.54) is 6.07 Å². The van der Waals surface area contributed by atoms with Crippen LogP contribution >= 0.6 is 0 Å². The summed E-state index contributed by atoms with van der Waals surface area (Å²) >= 11 is 0. The minimum absolute atomic E-state index is 0.116. The molecule has 2 aromatic rings. The number of fused-ring (bicyclic) bond motifs is 1. The van der Waals surface area contributed by atoms with Crippen LogP contribution in [0.5, 0.6) is 0 Å². The van der Waals surface area contributed by atoms with Crippen LogP contribution in [0.2, 0.25) is 0 Å². The average Bonchev–Trinajstić information content (AvgIpc) is 2.90. The number of benzene rings is 2. The number of nitrogens with zero attached hydrogens (tertiary/aromatic N) is 1. The van der Waals surface area contributed by atoms with E-state index < -0.39 is 22.0 Å². The summed E-state index contributed by atoms with van der Waals surface area (Å²) in [5, 5.41) is 0. The summed E-state index contributed by atoms with van der Waals surface area (Å²) in [6.07, 6.45) is 3.59. The summed E-state index contributed by atoms with van der Waals surface area (Å²) in [4.78, 5) is 16.4. The van der Waals surface area contributed by atoms with Gasteiger partial charge in [-0.1, -0.05) is 48.5 Å². The van der Waals surface area contributed by atoms with E-state index in [0.717, 1.165) is 5.56 Å². The molecule has 0 aromatic heterocycles. The molecule has 7 heteroatoms. The summed E-state index contributed by atoms with van der Waals surface area (Å²) in [6.45, 7) is 1.68. The Labute approximate surface area is 152 Å². The molecule has 1 atom stereocenters. The van der Waals surface area contributed by atoms with E-state index in [1.54, 1.807) is 31.2 Å². The molecule has 0 aliphatic carbocycles. The van der Waals surface area contributed by atoms with Crippen molar-refractivity contribution in [2.75, 3.05) is 6.61 Å². The summed E-state index contributed by atoms with van der Waals surface area (Å²) < 4.78 is 31.6. The smallest absolute Gasteiger partial charge is 0.330 e. The highest BCUT2D eigenvalue weighted by atomic mass is 32.2. The van der Waals surface area contributed by atoms with Crippen LogP contribution in [-0.2, 0) is 19.6 Å². The van der Waals surface area contributed by atoms with Gasteiger partial charge in [-0.25, -0.2) is 13.2 Å². The number of hydrogen-bond acceptors (Lipinski definition) is 5. The number of aliphatic imine (C=N–C) groups is 1. The summed E-state index contributed by atoms with van der Waals surface area (Å²) in [5.41, 5.74) is 1.46. The minimum Gasteiger partial charge on any atom is -0.460 e. The molecular weight excluding hydrogens is 352 g/mol. The van der Waals surface area contributed by atoms with Crippen LogP contribution in [0.1, 0.15) is 18.1 Å². The molecule has 0 radical (unpaired) electrons. The summed E-state index contributed by atoms with van der Waals surface area (Å²) in [7, 11) is -3.62. The van der Waals surface area contributed by atoms with Crippen molar-refractivity contribution in [1.82, 2.24) is 4.72 Å². The Morgan fingerprint density at radius 3 is 2.62 bits per heavy atom. The summed E-state index contributed by atoms with van der Waals surface area (Å²) in [6, 6.07) is 15.3. The molecule has 0 saturated carbocycles. The van der Waals surface area contributed by atoms with Gasteiger partial charge >= 0.3 is 5.97 Å². The van der Waals surface area contributed by atoms with Crippen molar-refractivity contribution in [3.05, 3.63) is 71.8 Å². The first-order chi connectivity index (χ1) is 12.5. The number of carbonyl (C=O) groups is 1. The molecule has 1 N–H and O–H groups in total. The predicted octanol–water partition coefficient (Wildman–Crippen LogP) is 2.37. The first kappa shape index (κ1) is 17.9. The van der Waals surface area contributed by atoms with Crippen LogP contribution in [0.15, 0.2) is 70.6 Å². The van der Waals surface area contributed by atoms with Crippen LogP contribution < -0.4 is 4.72 Å². The van der Waals surface area contributed by atoms with Crippen molar-refractivity contribution in [3.8, 4) is 0 Å². The first-order valence-electron chi connectivity index (χ1n) is 8.05. The van der Waals surface area contributed by atoms with Crippen molar-refractivity contribution in [1.29, 1.82) is 0 Å². The van der Waals surface area contributed by atoms with Gasteiger partial charge in [0.05, 0.1) is 4.90 Å². The molecular formula is C19H18N2O4S. The van der Waals surface area contributed by atoms with Gasteiger partial charge in [0.1, 0.15) is 18.5 Å². The molecule has 134 valence electrons. The lowest BCUT2D eigenvalue weighted by Crippen LogP contribution is -2.26. The number of carbonyl (C=O) groups excluding carboxylic acids is 1. The lowest BCUT2D eigenvalue weighted by Gasteiger charge is -2.07. The number of esters is 1. The molecule has 1 heterocycles. The Morgan fingerprint density at radius 2 is 1.85 bits per heavy atom. The van der Waals surface area contributed by atoms with E-state index in [4.69, 9.17) is 4.74 Å². The maximum absolute atomic E-state index is 12.1. The number of sulfonamides is 1. The molecule has 1 aliphatic rings. The van der Waals surface area contributed by atoms with Crippen molar-refractivity contribution >= 4 is 27.9 Å². The molecule has 1 aliphatic heterocycles. The number of rotatable bonds is 5.